The number of anilines is 2. The molecule has 2 aromatic carbocycles. The molecule has 2 aromatic rings. The van der Waals surface area contributed by atoms with Gasteiger partial charge in [0, 0.05) is 11.4 Å². The maximum Gasteiger partial charge on any atom is 0.279 e. The smallest absolute Gasteiger partial charge is 0.279 e. The average molecular weight is 397 g/mol. The molecule has 1 heterocycles. The van der Waals surface area contributed by atoms with Crippen molar-refractivity contribution in [2.45, 2.75) is 20.3 Å². The van der Waals surface area contributed by atoms with Crippen molar-refractivity contribution in [2.24, 2.45) is 0 Å². The van der Waals surface area contributed by atoms with E-state index in [1.807, 2.05) is 55.5 Å². The summed E-state index contributed by atoms with van der Waals surface area (Å²) >= 11 is 0. The number of rotatable bonds is 7. The van der Waals surface area contributed by atoms with Crippen LogP contribution in [0, 0.1) is 6.92 Å². The highest BCUT2D eigenvalue weighted by Gasteiger charge is 2.26. The summed E-state index contributed by atoms with van der Waals surface area (Å²) in [5.74, 6) is 0.101. The van der Waals surface area contributed by atoms with Gasteiger partial charge in [0.15, 0.2) is 13.1 Å². The van der Waals surface area contributed by atoms with Gasteiger partial charge in [0.1, 0.15) is 26.2 Å². The largest absolute Gasteiger partial charge is 0.321 e. The SMILES string of the molecule is CCc1ccccc1NC(=O)C[NH+]1CC[NH+](CC(=O)Nc2cccc(C)c2)CC1. The molecule has 154 valence electrons. The first-order chi connectivity index (χ1) is 14.0. The molecule has 29 heavy (non-hydrogen) atoms. The zero-order valence-corrected chi connectivity index (χ0v) is 17.4. The van der Waals surface area contributed by atoms with E-state index in [-0.39, 0.29) is 11.8 Å². The van der Waals surface area contributed by atoms with Crippen molar-refractivity contribution in [3.8, 4) is 0 Å². The minimum Gasteiger partial charge on any atom is -0.321 e. The molecule has 0 spiro atoms. The Kier molecular flexibility index (Phi) is 7.38. The van der Waals surface area contributed by atoms with Gasteiger partial charge in [0.25, 0.3) is 11.8 Å². The molecular weight excluding hydrogens is 364 g/mol. The number of hydrogen-bond acceptors (Lipinski definition) is 2. The lowest BCUT2D eigenvalue weighted by Gasteiger charge is -2.29. The molecule has 2 amide bonds. The maximum absolute atomic E-state index is 12.4. The van der Waals surface area contributed by atoms with E-state index in [4.69, 9.17) is 0 Å². The molecule has 0 unspecified atom stereocenters. The topological polar surface area (TPSA) is 67.1 Å². The Hall–Kier alpha value is -2.70. The molecule has 1 fully saturated rings. The van der Waals surface area contributed by atoms with Crippen molar-refractivity contribution in [3.63, 3.8) is 0 Å². The van der Waals surface area contributed by atoms with E-state index in [2.05, 4.69) is 17.6 Å². The summed E-state index contributed by atoms with van der Waals surface area (Å²) in [6, 6.07) is 15.8. The number of carbonyl (C=O) groups excluding carboxylic acids is 2. The summed E-state index contributed by atoms with van der Waals surface area (Å²) in [5, 5.41) is 6.03. The summed E-state index contributed by atoms with van der Waals surface area (Å²) in [5.41, 5.74) is 4.05. The van der Waals surface area contributed by atoms with E-state index >= 15 is 0 Å². The highest BCUT2D eigenvalue weighted by molar-refractivity contribution is 5.92. The van der Waals surface area contributed by atoms with Crippen LogP contribution in [0.3, 0.4) is 0 Å². The van der Waals surface area contributed by atoms with Crippen LogP contribution < -0.4 is 20.4 Å². The van der Waals surface area contributed by atoms with Crippen LogP contribution in [0.1, 0.15) is 18.1 Å². The third-order valence-corrected chi connectivity index (χ3v) is 5.46. The Morgan fingerprint density at radius 2 is 1.48 bits per heavy atom. The van der Waals surface area contributed by atoms with Crippen molar-refractivity contribution >= 4 is 23.2 Å². The van der Waals surface area contributed by atoms with Crippen LogP contribution in [0.15, 0.2) is 48.5 Å². The van der Waals surface area contributed by atoms with Gasteiger partial charge in [-0.3, -0.25) is 9.59 Å². The molecule has 1 aliphatic rings. The fraction of sp³-hybridized carbons (Fsp3) is 0.391. The summed E-state index contributed by atoms with van der Waals surface area (Å²) in [4.78, 5) is 27.3. The van der Waals surface area contributed by atoms with Crippen LogP contribution >= 0.6 is 0 Å². The highest BCUT2D eigenvalue weighted by atomic mass is 16.2. The standard InChI is InChI=1S/C23H30N4O2/c1-3-19-8-4-5-10-21(19)25-23(29)17-27-13-11-26(12-14-27)16-22(28)24-20-9-6-7-18(2)15-20/h4-10,15H,3,11-14,16-17H2,1-2H3,(H,24,28)(H,25,29)/p+2. The second-order valence-corrected chi connectivity index (χ2v) is 7.83. The highest BCUT2D eigenvalue weighted by Crippen LogP contribution is 2.14. The van der Waals surface area contributed by atoms with Gasteiger partial charge in [-0.15, -0.1) is 0 Å². The van der Waals surface area contributed by atoms with Gasteiger partial charge in [-0.1, -0.05) is 37.3 Å². The van der Waals surface area contributed by atoms with Gasteiger partial charge in [-0.25, -0.2) is 0 Å². The van der Waals surface area contributed by atoms with Crippen LogP contribution in [-0.2, 0) is 16.0 Å². The Bertz CT molecular complexity index is 844. The van der Waals surface area contributed by atoms with Crippen LogP contribution in [0.4, 0.5) is 11.4 Å². The van der Waals surface area contributed by atoms with Crippen molar-refractivity contribution in [3.05, 3.63) is 59.7 Å². The predicted octanol–water partition coefficient (Wildman–Crippen LogP) is -0.0820. The van der Waals surface area contributed by atoms with E-state index in [1.54, 1.807) is 0 Å². The molecule has 3 rings (SSSR count). The van der Waals surface area contributed by atoms with Gasteiger partial charge in [-0.05, 0) is 42.7 Å². The van der Waals surface area contributed by atoms with Gasteiger partial charge in [0.05, 0.1) is 0 Å². The first kappa shape index (κ1) is 21.0. The Labute approximate surface area is 172 Å². The van der Waals surface area contributed by atoms with Crippen LogP contribution in [-0.4, -0.2) is 51.1 Å². The number of nitrogens with one attached hydrogen (secondary N) is 4. The number of hydrogen-bond donors (Lipinski definition) is 4. The van der Waals surface area contributed by atoms with Crippen LogP contribution in [0.2, 0.25) is 0 Å². The molecule has 0 atom stereocenters. The van der Waals surface area contributed by atoms with Gasteiger partial charge in [0.2, 0.25) is 0 Å². The number of para-hydroxylation sites is 1. The minimum absolute atomic E-state index is 0.0444. The van der Waals surface area contributed by atoms with E-state index in [1.165, 1.54) is 9.80 Å². The van der Waals surface area contributed by atoms with Crippen LogP contribution in [0.5, 0.6) is 0 Å². The molecule has 0 bridgehead atoms. The van der Waals surface area contributed by atoms with Crippen molar-refractivity contribution in [1.29, 1.82) is 0 Å². The Balaban J connectivity index is 1.41. The maximum atomic E-state index is 12.4. The molecular formula is C23H32N4O2+2. The number of carbonyl (C=O) groups is 2. The summed E-state index contributed by atoms with van der Waals surface area (Å²) in [6.45, 7) is 8.64. The molecule has 6 nitrogen and oxygen atoms in total. The fourth-order valence-corrected chi connectivity index (χ4v) is 3.84. The average Bonchev–Trinajstić information content (AvgIpc) is 2.70. The molecule has 0 aromatic heterocycles. The monoisotopic (exact) mass is 396 g/mol. The third kappa shape index (κ3) is 6.41. The van der Waals surface area contributed by atoms with Gasteiger partial charge < -0.3 is 20.4 Å². The third-order valence-electron chi connectivity index (χ3n) is 5.46. The molecule has 4 N–H and O–H groups in total. The van der Waals surface area contributed by atoms with Crippen molar-refractivity contribution in [1.82, 2.24) is 0 Å². The molecule has 6 heteroatoms. The number of piperazine rings is 1. The zero-order valence-electron chi connectivity index (χ0n) is 17.4. The van der Waals surface area contributed by atoms with E-state index in [0.717, 1.165) is 55.1 Å². The number of quaternary nitrogens is 2. The molecule has 1 aliphatic heterocycles. The fourth-order valence-electron chi connectivity index (χ4n) is 3.84. The lowest BCUT2D eigenvalue weighted by Crippen LogP contribution is -3.28. The minimum atomic E-state index is 0.0444. The van der Waals surface area contributed by atoms with Crippen molar-refractivity contribution < 1.29 is 19.4 Å². The van der Waals surface area contributed by atoms with E-state index in [0.29, 0.717) is 13.1 Å². The second-order valence-electron chi connectivity index (χ2n) is 7.83. The van der Waals surface area contributed by atoms with E-state index < -0.39 is 0 Å². The lowest BCUT2D eigenvalue weighted by atomic mass is 10.1. The number of amides is 2. The number of benzene rings is 2. The normalized spacial score (nSPS) is 18.8. The quantitative estimate of drug-likeness (QED) is 0.529. The van der Waals surface area contributed by atoms with Crippen molar-refractivity contribution in [2.75, 3.05) is 49.9 Å². The molecule has 0 radical (unpaired) electrons. The Morgan fingerprint density at radius 3 is 2.10 bits per heavy atom. The lowest BCUT2D eigenvalue weighted by molar-refractivity contribution is -1.00. The molecule has 1 saturated heterocycles. The van der Waals surface area contributed by atoms with E-state index in [9.17, 15) is 9.59 Å². The first-order valence-electron chi connectivity index (χ1n) is 10.4. The Morgan fingerprint density at radius 1 is 0.862 bits per heavy atom. The summed E-state index contributed by atoms with van der Waals surface area (Å²) < 4.78 is 0. The van der Waals surface area contributed by atoms with Gasteiger partial charge >= 0.3 is 0 Å². The second kappa shape index (κ2) is 10.2. The molecule has 0 aliphatic carbocycles. The summed E-state index contributed by atoms with van der Waals surface area (Å²) in [7, 11) is 0. The van der Waals surface area contributed by atoms with Gasteiger partial charge in [-0.2, -0.15) is 0 Å². The predicted molar refractivity (Wildman–Crippen MR) is 115 cm³/mol. The number of aryl methyl sites for hydroxylation is 2. The molecule has 0 saturated carbocycles. The summed E-state index contributed by atoms with van der Waals surface area (Å²) in [6.07, 6.45) is 0.899. The zero-order chi connectivity index (χ0) is 20.6. The van der Waals surface area contributed by atoms with Crippen LogP contribution in [0.25, 0.3) is 0 Å². The first-order valence-corrected chi connectivity index (χ1v) is 10.4.